The molecule has 1 N–H and O–H groups in total. The molecule has 0 radical (unpaired) electrons. The molecule has 0 bridgehead atoms. The predicted molar refractivity (Wildman–Crippen MR) is 84.9 cm³/mol. The van der Waals surface area contributed by atoms with Gasteiger partial charge in [0, 0.05) is 37.0 Å². The molecule has 0 aliphatic carbocycles. The first-order valence-electron chi connectivity index (χ1n) is 7.29. The van der Waals surface area contributed by atoms with Gasteiger partial charge in [-0.3, -0.25) is 9.59 Å². The van der Waals surface area contributed by atoms with Gasteiger partial charge in [-0.15, -0.1) is 0 Å². The van der Waals surface area contributed by atoms with Gasteiger partial charge >= 0.3 is 0 Å². The monoisotopic (exact) mass is 324 g/mol. The summed E-state index contributed by atoms with van der Waals surface area (Å²) in [6.07, 6.45) is 0.875. The summed E-state index contributed by atoms with van der Waals surface area (Å²) < 4.78 is 5.48. The van der Waals surface area contributed by atoms with Crippen LogP contribution in [0.3, 0.4) is 0 Å². The Balaban J connectivity index is 1.81. The topological polar surface area (TPSA) is 58.6 Å². The van der Waals surface area contributed by atoms with E-state index in [4.69, 9.17) is 16.3 Å². The molecule has 2 rings (SSSR count). The normalized spacial score (nSPS) is 20.8. The van der Waals surface area contributed by atoms with Crippen LogP contribution in [0.4, 0.5) is 0 Å². The van der Waals surface area contributed by atoms with Gasteiger partial charge in [-0.1, -0.05) is 18.5 Å². The van der Waals surface area contributed by atoms with Crippen LogP contribution in [0.1, 0.15) is 20.3 Å². The molecule has 1 aliphatic heterocycles. The van der Waals surface area contributed by atoms with Crippen LogP contribution in [0.5, 0.6) is 5.75 Å². The summed E-state index contributed by atoms with van der Waals surface area (Å²) >= 11 is 5.80. The Morgan fingerprint density at radius 3 is 2.68 bits per heavy atom. The standard InChI is InChI=1S/C16H21ClN2O3/c1-12(20)18-10-16(2)7-8-19(11-16)15(21)9-22-14-5-3-13(17)4-6-14/h3-6H,7-11H2,1-2H3,(H,18,20). The zero-order valence-electron chi connectivity index (χ0n) is 12.9. The molecule has 1 heterocycles. The SMILES string of the molecule is CC(=O)NCC1(C)CCN(C(=O)COc2ccc(Cl)cc2)C1. The van der Waals surface area contributed by atoms with Crippen molar-refractivity contribution in [3.8, 4) is 5.75 Å². The van der Waals surface area contributed by atoms with Crippen molar-refractivity contribution >= 4 is 23.4 Å². The van der Waals surface area contributed by atoms with Gasteiger partial charge < -0.3 is 15.0 Å². The zero-order valence-corrected chi connectivity index (χ0v) is 13.7. The van der Waals surface area contributed by atoms with Crippen LogP contribution >= 0.6 is 11.6 Å². The van der Waals surface area contributed by atoms with Crippen LogP contribution in [0.15, 0.2) is 24.3 Å². The Hall–Kier alpha value is -1.75. The number of nitrogens with zero attached hydrogens (tertiary/aromatic N) is 1. The molecule has 0 saturated carbocycles. The van der Waals surface area contributed by atoms with Crippen molar-refractivity contribution in [2.24, 2.45) is 5.41 Å². The lowest BCUT2D eigenvalue weighted by atomic mass is 9.90. The Bertz CT molecular complexity index is 547. The third-order valence-corrected chi connectivity index (χ3v) is 4.10. The summed E-state index contributed by atoms with van der Waals surface area (Å²) in [6.45, 7) is 5.51. The second kappa shape index (κ2) is 7.01. The van der Waals surface area contributed by atoms with Crippen molar-refractivity contribution in [3.63, 3.8) is 0 Å². The molecule has 1 aliphatic rings. The number of carbonyl (C=O) groups is 2. The van der Waals surface area contributed by atoms with Crippen molar-refractivity contribution in [1.29, 1.82) is 0 Å². The Morgan fingerprint density at radius 1 is 1.36 bits per heavy atom. The second-order valence-electron chi connectivity index (χ2n) is 6.03. The van der Waals surface area contributed by atoms with Gasteiger partial charge in [0.2, 0.25) is 5.91 Å². The number of nitrogens with one attached hydrogen (secondary N) is 1. The van der Waals surface area contributed by atoms with Gasteiger partial charge in [0.15, 0.2) is 6.61 Å². The quantitative estimate of drug-likeness (QED) is 0.902. The molecule has 6 heteroatoms. The van der Waals surface area contributed by atoms with E-state index in [1.165, 1.54) is 6.92 Å². The molecular weight excluding hydrogens is 304 g/mol. The number of hydrogen-bond acceptors (Lipinski definition) is 3. The highest BCUT2D eigenvalue weighted by molar-refractivity contribution is 6.30. The van der Waals surface area contributed by atoms with Gasteiger partial charge in [0.05, 0.1) is 0 Å². The first-order chi connectivity index (χ1) is 10.4. The summed E-state index contributed by atoms with van der Waals surface area (Å²) in [4.78, 5) is 25.0. The average molecular weight is 325 g/mol. The van der Waals surface area contributed by atoms with Crippen molar-refractivity contribution in [2.75, 3.05) is 26.2 Å². The first kappa shape index (κ1) is 16.6. The number of ether oxygens (including phenoxy) is 1. The Morgan fingerprint density at radius 2 is 2.05 bits per heavy atom. The molecule has 1 aromatic rings. The number of halogens is 1. The lowest BCUT2D eigenvalue weighted by molar-refractivity contribution is -0.132. The van der Waals surface area contributed by atoms with Crippen molar-refractivity contribution in [3.05, 3.63) is 29.3 Å². The number of benzene rings is 1. The highest BCUT2D eigenvalue weighted by Crippen LogP contribution is 2.29. The average Bonchev–Trinajstić information content (AvgIpc) is 2.87. The van der Waals surface area contributed by atoms with E-state index < -0.39 is 0 Å². The van der Waals surface area contributed by atoms with Crippen LogP contribution in [-0.4, -0.2) is 43.0 Å². The summed E-state index contributed by atoms with van der Waals surface area (Å²) in [6, 6.07) is 6.92. The first-order valence-corrected chi connectivity index (χ1v) is 7.66. The van der Waals surface area contributed by atoms with E-state index in [9.17, 15) is 9.59 Å². The minimum absolute atomic E-state index is 0.0118. The molecule has 0 aromatic heterocycles. The molecular formula is C16H21ClN2O3. The zero-order chi connectivity index (χ0) is 16.2. The molecule has 1 fully saturated rings. The molecule has 1 aromatic carbocycles. The lowest BCUT2D eigenvalue weighted by Gasteiger charge is -2.24. The smallest absolute Gasteiger partial charge is 0.260 e. The fourth-order valence-electron chi connectivity index (χ4n) is 2.49. The molecule has 120 valence electrons. The minimum atomic E-state index is -0.0679. The van der Waals surface area contributed by atoms with Crippen LogP contribution in [0.25, 0.3) is 0 Å². The summed E-state index contributed by atoms with van der Waals surface area (Å²) in [5.41, 5.74) is -0.0679. The number of amides is 2. The van der Waals surface area contributed by atoms with Crippen molar-refractivity contribution in [1.82, 2.24) is 10.2 Å². The van der Waals surface area contributed by atoms with E-state index in [1.54, 1.807) is 29.2 Å². The second-order valence-corrected chi connectivity index (χ2v) is 6.46. The Labute approximate surface area is 135 Å². The number of carbonyl (C=O) groups excluding carboxylic acids is 2. The van der Waals surface area contributed by atoms with Crippen LogP contribution in [0, 0.1) is 5.41 Å². The van der Waals surface area contributed by atoms with Gasteiger partial charge in [-0.05, 0) is 30.7 Å². The third kappa shape index (κ3) is 4.63. The lowest BCUT2D eigenvalue weighted by Crippen LogP contribution is -2.39. The maximum atomic E-state index is 12.2. The summed E-state index contributed by atoms with van der Waals surface area (Å²) in [5, 5.41) is 3.46. The van der Waals surface area contributed by atoms with Gasteiger partial charge in [-0.2, -0.15) is 0 Å². The van der Waals surface area contributed by atoms with Crippen LogP contribution in [0.2, 0.25) is 5.02 Å². The number of rotatable bonds is 5. The van der Waals surface area contributed by atoms with Gasteiger partial charge in [-0.25, -0.2) is 0 Å². The molecule has 1 saturated heterocycles. The maximum absolute atomic E-state index is 12.2. The van der Waals surface area contributed by atoms with E-state index >= 15 is 0 Å². The van der Waals surface area contributed by atoms with Gasteiger partial charge in [0.25, 0.3) is 5.91 Å². The summed E-state index contributed by atoms with van der Waals surface area (Å²) in [5.74, 6) is 0.538. The molecule has 0 spiro atoms. The molecule has 2 amide bonds. The van der Waals surface area contributed by atoms with Crippen molar-refractivity contribution < 1.29 is 14.3 Å². The van der Waals surface area contributed by atoms with Crippen molar-refractivity contribution in [2.45, 2.75) is 20.3 Å². The van der Waals surface area contributed by atoms with E-state index in [1.807, 2.05) is 0 Å². The maximum Gasteiger partial charge on any atom is 0.260 e. The third-order valence-electron chi connectivity index (χ3n) is 3.85. The molecule has 5 nitrogen and oxygen atoms in total. The summed E-state index contributed by atoms with van der Waals surface area (Å²) in [7, 11) is 0. The largest absolute Gasteiger partial charge is 0.484 e. The fourth-order valence-corrected chi connectivity index (χ4v) is 2.61. The molecule has 22 heavy (non-hydrogen) atoms. The van der Waals surface area contributed by atoms with E-state index in [0.29, 0.717) is 30.4 Å². The predicted octanol–water partition coefficient (Wildman–Crippen LogP) is 2.09. The number of hydrogen-bond donors (Lipinski definition) is 1. The minimum Gasteiger partial charge on any atom is -0.484 e. The van der Waals surface area contributed by atoms with E-state index in [-0.39, 0.29) is 23.8 Å². The molecule has 1 unspecified atom stereocenters. The van der Waals surface area contributed by atoms with E-state index in [0.717, 1.165) is 6.42 Å². The van der Waals surface area contributed by atoms with Gasteiger partial charge in [0.1, 0.15) is 5.75 Å². The molecule has 1 atom stereocenters. The number of likely N-dealkylation sites (tertiary alicyclic amines) is 1. The highest BCUT2D eigenvalue weighted by Gasteiger charge is 2.36. The highest BCUT2D eigenvalue weighted by atomic mass is 35.5. The Kier molecular flexibility index (Phi) is 5.29. The van der Waals surface area contributed by atoms with Crippen LogP contribution in [-0.2, 0) is 9.59 Å². The fraction of sp³-hybridized carbons (Fsp3) is 0.500. The van der Waals surface area contributed by atoms with E-state index in [2.05, 4.69) is 12.2 Å². The van der Waals surface area contributed by atoms with Crippen LogP contribution < -0.4 is 10.1 Å².